The van der Waals surface area contributed by atoms with Gasteiger partial charge in [0, 0.05) is 11.9 Å². The van der Waals surface area contributed by atoms with Crippen molar-refractivity contribution in [1.82, 2.24) is 30.2 Å². The molecule has 142 valence electrons. The molecule has 1 aliphatic heterocycles. The van der Waals surface area contributed by atoms with Gasteiger partial charge in [-0.2, -0.15) is 0 Å². The maximum atomic E-state index is 13.0. The van der Waals surface area contributed by atoms with Gasteiger partial charge in [0.25, 0.3) is 5.91 Å². The predicted molar refractivity (Wildman–Crippen MR) is 103 cm³/mol. The molecule has 7 nitrogen and oxygen atoms in total. The van der Waals surface area contributed by atoms with Gasteiger partial charge >= 0.3 is 0 Å². The molecule has 1 N–H and O–H groups in total. The SMILES string of the molecule is CCc1nc(C)c(C(C)N(C)C(=O)c2nnn(C3CCNCC3)c2C)s1. The maximum Gasteiger partial charge on any atom is 0.276 e. The van der Waals surface area contributed by atoms with Crippen molar-refractivity contribution in [2.24, 2.45) is 0 Å². The van der Waals surface area contributed by atoms with E-state index in [1.54, 1.807) is 16.2 Å². The Morgan fingerprint density at radius 2 is 2.08 bits per heavy atom. The van der Waals surface area contributed by atoms with Gasteiger partial charge in [-0.1, -0.05) is 12.1 Å². The average Bonchev–Trinajstić information content (AvgIpc) is 3.23. The summed E-state index contributed by atoms with van der Waals surface area (Å²) >= 11 is 1.69. The van der Waals surface area contributed by atoms with Gasteiger partial charge < -0.3 is 10.2 Å². The number of hydrogen-bond donors (Lipinski definition) is 1. The van der Waals surface area contributed by atoms with Crippen LogP contribution in [-0.2, 0) is 6.42 Å². The molecule has 0 bridgehead atoms. The molecule has 1 atom stereocenters. The number of nitrogens with one attached hydrogen (secondary N) is 1. The van der Waals surface area contributed by atoms with Crippen LogP contribution < -0.4 is 5.32 Å². The molecule has 0 aliphatic carbocycles. The smallest absolute Gasteiger partial charge is 0.276 e. The van der Waals surface area contributed by atoms with E-state index in [1.807, 2.05) is 32.5 Å². The predicted octanol–water partition coefficient (Wildman–Crippen LogP) is 2.67. The fourth-order valence-corrected chi connectivity index (χ4v) is 4.56. The van der Waals surface area contributed by atoms with Gasteiger partial charge in [0.15, 0.2) is 5.69 Å². The quantitative estimate of drug-likeness (QED) is 0.868. The second kappa shape index (κ2) is 7.84. The van der Waals surface area contributed by atoms with E-state index in [-0.39, 0.29) is 11.9 Å². The van der Waals surface area contributed by atoms with Crippen LogP contribution in [0.1, 0.15) is 70.5 Å². The Kier molecular flexibility index (Phi) is 5.72. The summed E-state index contributed by atoms with van der Waals surface area (Å²) in [5.74, 6) is -0.0824. The molecule has 26 heavy (non-hydrogen) atoms. The summed E-state index contributed by atoms with van der Waals surface area (Å²) in [6.45, 7) is 10.1. The van der Waals surface area contributed by atoms with Crippen LogP contribution in [0.5, 0.6) is 0 Å². The summed E-state index contributed by atoms with van der Waals surface area (Å²) in [7, 11) is 1.83. The normalized spacial score (nSPS) is 16.7. The molecular weight excluding hydrogens is 348 g/mol. The fraction of sp³-hybridized carbons (Fsp3) is 0.667. The number of carbonyl (C=O) groups is 1. The standard InChI is InChI=1S/C18H28N6OS/c1-6-15-20-11(2)17(26-15)13(4)23(5)18(25)16-12(3)24(22-21-16)14-7-9-19-10-8-14/h13-14,19H,6-10H2,1-5H3. The minimum Gasteiger partial charge on any atom is -0.333 e. The molecule has 0 saturated carbocycles. The van der Waals surface area contributed by atoms with Gasteiger partial charge in [0.05, 0.1) is 28.5 Å². The van der Waals surface area contributed by atoms with Crippen molar-refractivity contribution in [3.8, 4) is 0 Å². The van der Waals surface area contributed by atoms with E-state index in [1.165, 1.54) is 0 Å². The third kappa shape index (κ3) is 3.53. The van der Waals surface area contributed by atoms with E-state index in [9.17, 15) is 4.79 Å². The van der Waals surface area contributed by atoms with Crippen molar-refractivity contribution < 1.29 is 4.79 Å². The monoisotopic (exact) mass is 376 g/mol. The summed E-state index contributed by atoms with van der Waals surface area (Å²) in [5.41, 5.74) is 2.32. The number of rotatable bonds is 5. The van der Waals surface area contributed by atoms with Gasteiger partial charge in [-0.25, -0.2) is 9.67 Å². The number of amides is 1. The molecular formula is C18H28N6OS. The van der Waals surface area contributed by atoms with Crippen LogP contribution in [0.4, 0.5) is 0 Å². The Morgan fingerprint density at radius 3 is 2.69 bits per heavy atom. The first kappa shape index (κ1) is 19.0. The fourth-order valence-electron chi connectivity index (χ4n) is 3.46. The van der Waals surface area contributed by atoms with Gasteiger partial charge in [-0.3, -0.25) is 4.79 Å². The Morgan fingerprint density at radius 1 is 1.38 bits per heavy atom. The highest BCUT2D eigenvalue weighted by molar-refractivity contribution is 7.11. The van der Waals surface area contributed by atoms with Crippen molar-refractivity contribution in [2.45, 2.75) is 59.0 Å². The molecule has 0 spiro atoms. The van der Waals surface area contributed by atoms with Gasteiger partial charge in [-0.15, -0.1) is 16.4 Å². The molecule has 2 aromatic rings. The van der Waals surface area contributed by atoms with Crippen LogP contribution in [0.25, 0.3) is 0 Å². The number of piperidine rings is 1. The molecule has 1 unspecified atom stereocenters. The van der Waals surface area contributed by atoms with Crippen LogP contribution in [0.3, 0.4) is 0 Å². The zero-order valence-electron chi connectivity index (χ0n) is 16.2. The number of carbonyl (C=O) groups excluding carboxylic acids is 1. The summed E-state index contributed by atoms with van der Waals surface area (Å²) in [4.78, 5) is 20.5. The maximum absolute atomic E-state index is 13.0. The van der Waals surface area contributed by atoms with Crippen molar-refractivity contribution in [3.63, 3.8) is 0 Å². The highest BCUT2D eigenvalue weighted by atomic mass is 32.1. The Balaban J connectivity index is 1.79. The van der Waals surface area contributed by atoms with E-state index in [2.05, 4.69) is 27.5 Å². The summed E-state index contributed by atoms with van der Waals surface area (Å²) in [5, 5.41) is 13.0. The zero-order valence-corrected chi connectivity index (χ0v) is 17.1. The molecule has 2 aromatic heterocycles. The van der Waals surface area contributed by atoms with E-state index < -0.39 is 0 Å². The summed E-state index contributed by atoms with van der Waals surface area (Å²) in [6, 6.07) is 0.285. The van der Waals surface area contributed by atoms with Crippen molar-refractivity contribution in [3.05, 3.63) is 27.0 Å². The first-order valence-corrected chi connectivity index (χ1v) is 10.1. The van der Waals surface area contributed by atoms with Crippen molar-refractivity contribution in [2.75, 3.05) is 20.1 Å². The van der Waals surface area contributed by atoms with Crippen molar-refractivity contribution >= 4 is 17.2 Å². The van der Waals surface area contributed by atoms with E-state index in [0.29, 0.717) is 11.7 Å². The zero-order chi connectivity index (χ0) is 18.8. The van der Waals surface area contributed by atoms with E-state index >= 15 is 0 Å². The molecule has 0 radical (unpaired) electrons. The number of aryl methyl sites for hydroxylation is 2. The van der Waals surface area contributed by atoms with Crippen LogP contribution >= 0.6 is 11.3 Å². The van der Waals surface area contributed by atoms with Crippen molar-refractivity contribution in [1.29, 1.82) is 0 Å². The minimum absolute atomic E-state index is 0.0382. The molecule has 1 saturated heterocycles. The second-order valence-electron chi connectivity index (χ2n) is 6.95. The number of hydrogen-bond acceptors (Lipinski definition) is 6. The van der Waals surface area contributed by atoms with Crippen LogP contribution in [0.2, 0.25) is 0 Å². The molecule has 1 fully saturated rings. The van der Waals surface area contributed by atoms with Gasteiger partial charge in [-0.05, 0) is 53.1 Å². The lowest BCUT2D eigenvalue weighted by atomic mass is 10.1. The summed E-state index contributed by atoms with van der Waals surface area (Å²) < 4.78 is 1.93. The van der Waals surface area contributed by atoms with Crippen LogP contribution in [0.15, 0.2) is 0 Å². The lowest BCUT2D eigenvalue weighted by molar-refractivity contribution is 0.0737. The van der Waals surface area contributed by atoms with Crippen LogP contribution in [-0.4, -0.2) is 50.9 Å². The minimum atomic E-state index is -0.0824. The number of aromatic nitrogens is 4. The van der Waals surface area contributed by atoms with E-state index in [4.69, 9.17) is 0 Å². The first-order valence-electron chi connectivity index (χ1n) is 9.29. The average molecular weight is 377 g/mol. The second-order valence-corrected chi connectivity index (χ2v) is 8.07. The highest BCUT2D eigenvalue weighted by Gasteiger charge is 2.28. The lowest BCUT2D eigenvalue weighted by Crippen LogP contribution is -2.31. The highest BCUT2D eigenvalue weighted by Crippen LogP contribution is 2.30. The number of nitrogens with zero attached hydrogens (tertiary/aromatic N) is 5. The lowest BCUT2D eigenvalue weighted by Gasteiger charge is -2.25. The molecule has 3 rings (SSSR count). The molecule has 0 aromatic carbocycles. The Hall–Kier alpha value is -1.80. The third-order valence-corrected chi connectivity index (χ3v) is 6.72. The largest absolute Gasteiger partial charge is 0.333 e. The molecule has 3 heterocycles. The van der Waals surface area contributed by atoms with Gasteiger partial charge in [0.2, 0.25) is 0 Å². The topological polar surface area (TPSA) is 75.9 Å². The third-order valence-electron chi connectivity index (χ3n) is 5.24. The van der Waals surface area contributed by atoms with Crippen LogP contribution in [0, 0.1) is 13.8 Å². The number of thiazole rings is 1. The first-order chi connectivity index (χ1) is 12.4. The molecule has 1 aliphatic rings. The Labute approximate surface area is 158 Å². The molecule has 1 amide bonds. The Bertz CT molecular complexity index is 777. The molecule has 8 heteroatoms. The van der Waals surface area contributed by atoms with Gasteiger partial charge in [0.1, 0.15) is 0 Å². The summed E-state index contributed by atoms with van der Waals surface area (Å²) in [6.07, 6.45) is 2.95. The van der Waals surface area contributed by atoms with E-state index in [0.717, 1.165) is 53.6 Å².